The summed E-state index contributed by atoms with van der Waals surface area (Å²) in [4.78, 5) is 11.5. The van der Waals surface area contributed by atoms with Gasteiger partial charge in [-0.25, -0.2) is 4.79 Å². The van der Waals surface area contributed by atoms with Gasteiger partial charge in [-0.15, -0.1) is 0 Å². The minimum atomic E-state index is -2.12. The summed E-state index contributed by atoms with van der Waals surface area (Å²) in [5.41, 5.74) is 0. The van der Waals surface area contributed by atoms with Crippen molar-refractivity contribution in [3.05, 3.63) is 0 Å². The lowest BCUT2D eigenvalue weighted by molar-refractivity contribution is -0.153. The number of hydrogen-bond acceptors (Lipinski definition) is 4. The number of carboxylic acid groups (broad SMARTS) is 1. The highest BCUT2D eigenvalue weighted by molar-refractivity contribution is 6.74. The zero-order chi connectivity index (χ0) is 15.8. The molecule has 1 fully saturated rings. The van der Waals surface area contributed by atoms with E-state index in [4.69, 9.17) is 13.9 Å². The lowest BCUT2D eigenvalue weighted by Crippen LogP contribution is -2.47. The van der Waals surface area contributed by atoms with Gasteiger partial charge in [-0.2, -0.15) is 0 Å². The summed E-state index contributed by atoms with van der Waals surface area (Å²) in [6.07, 6.45) is -0.736. The van der Waals surface area contributed by atoms with Crippen LogP contribution in [0.4, 0.5) is 0 Å². The van der Waals surface area contributed by atoms with Crippen molar-refractivity contribution in [1.82, 2.24) is 0 Å². The molecular weight excluding hydrogens is 276 g/mol. The quantitative estimate of drug-likeness (QED) is 0.791. The second kappa shape index (κ2) is 5.75. The molecule has 0 radical (unpaired) electrons. The maximum Gasteiger partial charge on any atom is 0.331 e. The lowest BCUT2D eigenvalue weighted by atomic mass is 10.2. The largest absolute Gasteiger partial charge is 0.479 e. The molecule has 0 aromatic rings. The van der Waals surface area contributed by atoms with Crippen molar-refractivity contribution < 1.29 is 23.8 Å². The molecule has 0 saturated carbocycles. The monoisotopic (exact) mass is 304 g/mol. The minimum Gasteiger partial charge on any atom is -0.479 e. The topological polar surface area (TPSA) is 65.0 Å². The Kier molecular flexibility index (Phi) is 5.07. The molecule has 0 spiro atoms. The van der Waals surface area contributed by atoms with Crippen LogP contribution < -0.4 is 0 Å². The Hall–Kier alpha value is -0.433. The molecule has 1 N–H and O–H groups in total. The van der Waals surface area contributed by atoms with Crippen LogP contribution in [0.25, 0.3) is 0 Å². The standard InChI is InChI=1S/C14H28O5Si/c1-13(2,3)20(6,7)19-11(12(15)16)8-10-9-17-14(4,5)18-10/h10-11H,8-9H2,1-7H3,(H,15,16)/t10-,11+/m0/s1. The van der Waals surface area contributed by atoms with E-state index in [1.807, 2.05) is 13.8 Å². The van der Waals surface area contributed by atoms with Crippen LogP contribution in [0.3, 0.4) is 0 Å². The van der Waals surface area contributed by atoms with E-state index in [-0.39, 0.29) is 11.1 Å². The van der Waals surface area contributed by atoms with Crippen molar-refractivity contribution in [2.45, 2.75) is 77.2 Å². The molecule has 118 valence electrons. The SMILES string of the molecule is CC1(C)OC[C@H](C[C@@H](O[Si](C)(C)C(C)(C)C)C(=O)O)O1. The molecule has 0 bridgehead atoms. The first kappa shape index (κ1) is 17.6. The van der Waals surface area contributed by atoms with Crippen LogP contribution in [0.2, 0.25) is 18.1 Å². The third-order valence-electron chi connectivity index (χ3n) is 4.06. The van der Waals surface area contributed by atoms with Crippen molar-refractivity contribution in [3.8, 4) is 0 Å². The summed E-state index contributed by atoms with van der Waals surface area (Å²) < 4.78 is 17.1. The van der Waals surface area contributed by atoms with Gasteiger partial charge in [0.25, 0.3) is 0 Å². The lowest BCUT2D eigenvalue weighted by Gasteiger charge is -2.38. The summed E-state index contributed by atoms with van der Waals surface area (Å²) in [6.45, 7) is 14.5. The maximum absolute atomic E-state index is 11.5. The molecule has 1 aliphatic heterocycles. The van der Waals surface area contributed by atoms with E-state index in [0.29, 0.717) is 13.0 Å². The van der Waals surface area contributed by atoms with E-state index in [9.17, 15) is 9.90 Å². The smallest absolute Gasteiger partial charge is 0.331 e. The van der Waals surface area contributed by atoms with E-state index in [0.717, 1.165) is 0 Å². The summed E-state index contributed by atoms with van der Waals surface area (Å²) >= 11 is 0. The number of carboxylic acids is 1. The van der Waals surface area contributed by atoms with Crippen molar-refractivity contribution in [2.75, 3.05) is 6.61 Å². The third kappa shape index (κ3) is 4.55. The Labute approximate surface area is 122 Å². The van der Waals surface area contributed by atoms with Gasteiger partial charge in [-0.1, -0.05) is 20.8 Å². The van der Waals surface area contributed by atoms with E-state index in [2.05, 4.69) is 33.9 Å². The molecule has 1 saturated heterocycles. The molecule has 0 aromatic carbocycles. The van der Waals surface area contributed by atoms with E-state index in [1.165, 1.54) is 0 Å². The maximum atomic E-state index is 11.5. The van der Waals surface area contributed by atoms with Crippen molar-refractivity contribution in [3.63, 3.8) is 0 Å². The normalized spacial score (nSPS) is 24.6. The molecule has 0 unspecified atom stereocenters. The first-order chi connectivity index (χ1) is 8.84. The summed E-state index contributed by atoms with van der Waals surface area (Å²) in [5.74, 6) is -1.56. The number of aliphatic carboxylic acids is 1. The average molecular weight is 304 g/mol. The van der Waals surface area contributed by atoms with Crippen LogP contribution in [0.5, 0.6) is 0 Å². The summed E-state index contributed by atoms with van der Waals surface area (Å²) in [7, 11) is -2.12. The molecule has 0 aromatic heterocycles. The number of ether oxygens (including phenoxy) is 2. The molecule has 6 heteroatoms. The molecule has 0 amide bonds. The molecule has 0 aliphatic carbocycles. The van der Waals surface area contributed by atoms with Crippen molar-refractivity contribution >= 4 is 14.3 Å². The van der Waals surface area contributed by atoms with Crippen LogP contribution in [0, 0.1) is 0 Å². The van der Waals surface area contributed by atoms with E-state index >= 15 is 0 Å². The van der Waals surface area contributed by atoms with Gasteiger partial charge >= 0.3 is 5.97 Å². The van der Waals surface area contributed by atoms with Gasteiger partial charge < -0.3 is 19.0 Å². The van der Waals surface area contributed by atoms with E-state index < -0.39 is 26.2 Å². The second-order valence-electron chi connectivity index (χ2n) is 7.39. The van der Waals surface area contributed by atoms with Crippen molar-refractivity contribution in [2.24, 2.45) is 0 Å². The summed E-state index contributed by atoms with van der Waals surface area (Å²) in [5, 5.41) is 9.37. The first-order valence-corrected chi connectivity index (χ1v) is 9.97. The molecule has 1 heterocycles. The van der Waals surface area contributed by atoms with Crippen LogP contribution in [-0.2, 0) is 18.7 Å². The van der Waals surface area contributed by atoms with Crippen molar-refractivity contribution in [1.29, 1.82) is 0 Å². The highest BCUT2D eigenvalue weighted by atomic mass is 28.4. The Morgan fingerprint density at radius 1 is 1.45 bits per heavy atom. The Bertz CT molecular complexity index is 359. The Morgan fingerprint density at radius 3 is 2.35 bits per heavy atom. The zero-order valence-electron chi connectivity index (χ0n) is 13.6. The molecule has 20 heavy (non-hydrogen) atoms. The average Bonchev–Trinajstić information content (AvgIpc) is 2.55. The second-order valence-corrected chi connectivity index (χ2v) is 12.1. The molecule has 1 rings (SSSR count). The van der Waals surface area contributed by atoms with Gasteiger partial charge in [-0.05, 0) is 32.0 Å². The van der Waals surface area contributed by atoms with Gasteiger partial charge in [0.2, 0.25) is 0 Å². The number of rotatable bonds is 5. The van der Waals surface area contributed by atoms with E-state index in [1.54, 1.807) is 0 Å². The van der Waals surface area contributed by atoms with Gasteiger partial charge in [-0.3, -0.25) is 0 Å². The predicted molar refractivity (Wildman–Crippen MR) is 79.2 cm³/mol. The number of hydrogen-bond donors (Lipinski definition) is 1. The fourth-order valence-corrected chi connectivity index (χ4v) is 3.11. The Morgan fingerprint density at radius 2 is 2.00 bits per heavy atom. The predicted octanol–water partition coefficient (Wildman–Crippen LogP) is 3.00. The fourth-order valence-electron chi connectivity index (χ4n) is 1.85. The zero-order valence-corrected chi connectivity index (χ0v) is 14.6. The first-order valence-electron chi connectivity index (χ1n) is 7.06. The van der Waals surface area contributed by atoms with Gasteiger partial charge in [0.1, 0.15) is 6.10 Å². The molecule has 1 aliphatic rings. The number of carbonyl (C=O) groups is 1. The third-order valence-corrected chi connectivity index (χ3v) is 8.55. The van der Waals surface area contributed by atoms with Crippen LogP contribution in [-0.4, -0.2) is 44.0 Å². The molecule has 2 atom stereocenters. The van der Waals surface area contributed by atoms with Gasteiger partial charge in [0.15, 0.2) is 14.1 Å². The fraction of sp³-hybridized carbons (Fsp3) is 0.929. The van der Waals surface area contributed by atoms with Gasteiger partial charge in [0.05, 0.1) is 12.7 Å². The highest BCUT2D eigenvalue weighted by Crippen LogP contribution is 2.38. The van der Waals surface area contributed by atoms with Crippen LogP contribution >= 0.6 is 0 Å². The minimum absolute atomic E-state index is 0.0208. The molecule has 5 nitrogen and oxygen atoms in total. The Balaban J connectivity index is 2.70. The van der Waals surface area contributed by atoms with Crippen LogP contribution in [0.1, 0.15) is 41.0 Å². The van der Waals surface area contributed by atoms with Gasteiger partial charge in [0, 0.05) is 6.42 Å². The van der Waals surface area contributed by atoms with Crippen LogP contribution in [0.15, 0.2) is 0 Å². The summed E-state index contributed by atoms with van der Waals surface area (Å²) in [6, 6.07) is 0. The molecular formula is C14H28O5Si. The highest BCUT2D eigenvalue weighted by Gasteiger charge is 2.43.